The zero-order valence-corrected chi connectivity index (χ0v) is 18.3. The van der Waals surface area contributed by atoms with Gasteiger partial charge in [0.1, 0.15) is 29.7 Å². The molecule has 0 amide bonds. The molecule has 0 radical (unpaired) electrons. The largest absolute Gasteiger partial charge is 0.462 e. The first-order chi connectivity index (χ1) is 14.1. The molecule has 5 atom stereocenters. The summed E-state index contributed by atoms with van der Waals surface area (Å²) in [6, 6.07) is -0.739. The molecule has 0 bridgehead atoms. The van der Waals surface area contributed by atoms with Crippen LogP contribution in [0, 0.1) is 5.92 Å². The van der Waals surface area contributed by atoms with Crippen LogP contribution in [0.5, 0.6) is 0 Å². The Morgan fingerprint density at radius 3 is 2.80 bits per heavy atom. The number of fused-ring (bicyclic) bond motifs is 1. The predicted molar refractivity (Wildman–Crippen MR) is 113 cm³/mol. The van der Waals surface area contributed by atoms with Gasteiger partial charge in [-0.1, -0.05) is 31.6 Å². The van der Waals surface area contributed by atoms with Crippen LogP contribution in [0.1, 0.15) is 32.9 Å². The fraction of sp³-hybridized carbons (Fsp3) is 0.667. The normalized spacial score (nSPS) is 23.5. The van der Waals surface area contributed by atoms with Gasteiger partial charge in [-0.15, -0.1) is 0 Å². The van der Waals surface area contributed by atoms with Gasteiger partial charge in [0.25, 0.3) is 0 Å². The van der Waals surface area contributed by atoms with Crippen LogP contribution < -0.4 is 21.2 Å². The van der Waals surface area contributed by atoms with Crippen molar-refractivity contribution >= 4 is 39.4 Å². The molecule has 0 spiro atoms. The molecule has 30 heavy (non-hydrogen) atoms. The summed E-state index contributed by atoms with van der Waals surface area (Å²) < 4.78 is 13.0. The number of rotatable bonds is 7. The van der Waals surface area contributed by atoms with Crippen LogP contribution in [0.15, 0.2) is 4.79 Å². The van der Waals surface area contributed by atoms with E-state index in [4.69, 9.17) is 20.9 Å². The van der Waals surface area contributed by atoms with E-state index in [0.29, 0.717) is 16.2 Å². The molecule has 3 rings (SSSR count). The van der Waals surface area contributed by atoms with Crippen LogP contribution in [0.25, 0.3) is 10.3 Å². The minimum atomic E-state index is -0.919. The van der Waals surface area contributed by atoms with Gasteiger partial charge in [-0.3, -0.25) is 14.2 Å². The topological polar surface area (TPSA) is 159 Å². The number of anilines is 2. The van der Waals surface area contributed by atoms with E-state index in [0.717, 1.165) is 17.8 Å². The summed E-state index contributed by atoms with van der Waals surface area (Å²) >= 11 is 0.981. The summed E-state index contributed by atoms with van der Waals surface area (Å²) in [6.45, 7) is 3.65. The fourth-order valence-electron chi connectivity index (χ4n) is 3.25. The zero-order chi connectivity index (χ0) is 22.2. The summed E-state index contributed by atoms with van der Waals surface area (Å²) in [4.78, 5) is 34.6. The lowest BCUT2D eigenvalue weighted by Crippen LogP contribution is -2.40. The first-order valence-electron chi connectivity index (χ1n) is 9.75. The number of aliphatic hydroxyl groups excluding tert-OH is 1. The van der Waals surface area contributed by atoms with Crippen LogP contribution in [0.2, 0.25) is 0 Å². The first-order valence-corrected chi connectivity index (χ1v) is 10.6. The Kier molecular flexibility index (Phi) is 6.60. The van der Waals surface area contributed by atoms with Gasteiger partial charge in [-0.05, 0) is 5.92 Å². The van der Waals surface area contributed by atoms with Crippen molar-refractivity contribution in [3.8, 4) is 0 Å². The molecular formula is C18H28N6O5S. The molecule has 1 aliphatic heterocycles. The van der Waals surface area contributed by atoms with Gasteiger partial charge in [0.2, 0.25) is 5.95 Å². The van der Waals surface area contributed by atoms with Crippen LogP contribution in [0.4, 0.5) is 11.8 Å². The molecule has 2 aromatic rings. The minimum Gasteiger partial charge on any atom is -0.462 e. The van der Waals surface area contributed by atoms with Crippen molar-refractivity contribution in [3.05, 3.63) is 9.67 Å². The van der Waals surface area contributed by atoms with Gasteiger partial charge >= 0.3 is 10.8 Å². The van der Waals surface area contributed by atoms with Gasteiger partial charge < -0.3 is 30.9 Å². The van der Waals surface area contributed by atoms with Crippen LogP contribution in [0.3, 0.4) is 0 Å². The molecular weight excluding hydrogens is 412 g/mol. The van der Waals surface area contributed by atoms with Crippen molar-refractivity contribution < 1.29 is 19.4 Å². The number of carbonyl (C=O) groups excluding carboxylic acids is 1. The maximum atomic E-state index is 12.7. The number of hydrogen-bond acceptors (Lipinski definition) is 11. The van der Waals surface area contributed by atoms with E-state index in [9.17, 15) is 14.7 Å². The van der Waals surface area contributed by atoms with E-state index >= 15 is 0 Å². The van der Waals surface area contributed by atoms with Crippen molar-refractivity contribution in [2.75, 3.05) is 31.3 Å². The fourth-order valence-corrected chi connectivity index (χ4v) is 4.28. The molecule has 11 nitrogen and oxygen atoms in total. The molecule has 0 aliphatic carbocycles. The maximum absolute atomic E-state index is 12.7. The Balaban J connectivity index is 1.79. The Labute approximate surface area is 177 Å². The Morgan fingerprint density at radius 2 is 2.17 bits per heavy atom. The lowest BCUT2D eigenvalue weighted by atomic mass is 10.0. The minimum absolute atomic E-state index is 0.0218. The number of aliphatic hydroxyl groups is 1. The summed E-state index contributed by atoms with van der Waals surface area (Å²) in [5.41, 5.74) is 12.0. The number of aromatic nitrogens is 3. The summed E-state index contributed by atoms with van der Waals surface area (Å²) in [6.07, 6.45) is -1.58. The van der Waals surface area contributed by atoms with E-state index in [1.54, 1.807) is 19.0 Å². The summed E-state index contributed by atoms with van der Waals surface area (Å²) in [5.74, 6) is -0.00782. The quantitative estimate of drug-likeness (QED) is 0.503. The van der Waals surface area contributed by atoms with E-state index in [2.05, 4.69) is 9.97 Å². The lowest BCUT2D eigenvalue weighted by molar-refractivity contribution is -0.152. The average Bonchev–Trinajstić information content (AvgIpc) is 3.22. The van der Waals surface area contributed by atoms with E-state index in [-0.39, 0.29) is 29.8 Å². The standard InChI is InChI=1S/C18H28N6O5S/c1-5-8(2)12(19)16(26)28-7-10-9(25)6-11(29-10)24-15-13(30-18(24)27)14(23(3)4)21-17(20)22-15/h8-12,25H,5-7,19H2,1-4H3,(H2,20,21,22)/t8?,9-,10+,11+,12-/m0/s1. The highest BCUT2D eigenvalue weighted by molar-refractivity contribution is 7.17. The highest BCUT2D eigenvalue weighted by Gasteiger charge is 2.38. The van der Waals surface area contributed by atoms with E-state index in [1.165, 1.54) is 4.57 Å². The van der Waals surface area contributed by atoms with Crippen LogP contribution in [-0.2, 0) is 14.3 Å². The average molecular weight is 441 g/mol. The van der Waals surface area contributed by atoms with Crippen molar-refractivity contribution in [2.24, 2.45) is 11.7 Å². The predicted octanol–water partition coefficient (Wildman–Crippen LogP) is 0.0662. The molecule has 166 valence electrons. The molecule has 1 saturated heterocycles. The number of ether oxygens (including phenoxy) is 2. The summed E-state index contributed by atoms with van der Waals surface area (Å²) in [7, 11) is 3.58. The SMILES string of the molecule is CCC(C)[C@H](N)C(=O)OC[C@H]1O[C@@H](n2c(=O)sc3c(N(C)C)nc(N)nc32)C[C@@H]1O. The van der Waals surface area contributed by atoms with Gasteiger partial charge in [0.15, 0.2) is 11.5 Å². The van der Waals surface area contributed by atoms with Crippen molar-refractivity contribution in [2.45, 2.75) is 51.2 Å². The Hall–Kier alpha value is -2.28. The third kappa shape index (κ3) is 4.26. The second-order valence-corrected chi connectivity index (χ2v) is 8.63. The summed E-state index contributed by atoms with van der Waals surface area (Å²) in [5, 5.41) is 10.4. The van der Waals surface area contributed by atoms with Crippen molar-refractivity contribution in [1.29, 1.82) is 0 Å². The molecule has 1 unspecified atom stereocenters. The number of nitrogen functional groups attached to an aromatic ring is 1. The Morgan fingerprint density at radius 1 is 1.47 bits per heavy atom. The third-order valence-electron chi connectivity index (χ3n) is 5.30. The second kappa shape index (κ2) is 8.84. The number of hydrogen-bond donors (Lipinski definition) is 3. The van der Waals surface area contributed by atoms with Crippen LogP contribution >= 0.6 is 11.3 Å². The molecule has 0 aromatic carbocycles. The van der Waals surface area contributed by atoms with Gasteiger partial charge in [-0.25, -0.2) is 0 Å². The molecule has 0 saturated carbocycles. The first kappa shape index (κ1) is 22.4. The van der Waals surface area contributed by atoms with E-state index in [1.807, 2.05) is 13.8 Å². The number of thiazole rings is 1. The molecule has 1 aliphatic rings. The molecule has 3 heterocycles. The van der Waals surface area contributed by atoms with Gasteiger partial charge in [0, 0.05) is 20.5 Å². The molecule has 2 aromatic heterocycles. The number of carbonyl (C=O) groups is 1. The maximum Gasteiger partial charge on any atom is 0.323 e. The zero-order valence-electron chi connectivity index (χ0n) is 17.4. The van der Waals surface area contributed by atoms with Crippen molar-refractivity contribution in [3.63, 3.8) is 0 Å². The third-order valence-corrected chi connectivity index (χ3v) is 6.24. The second-order valence-electron chi connectivity index (χ2n) is 7.66. The Bertz CT molecular complexity index is 976. The van der Waals surface area contributed by atoms with Crippen molar-refractivity contribution in [1.82, 2.24) is 14.5 Å². The monoisotopic (exact) mass is 440 g/mol. The number of nitrogens with zero attached hydrogens (tertiary/aromatic N) is 4. The molecule has 1 fully saturated rings. The highest BCUT2D eigenvalue weighted by Crippen LogP contribution is 2.33. The van der Waals surface area contributed by atoms with Gasteiger partial charge in [0.05, 0.1) is 6.10 Å². The van der Waals surface area contributed by atoms with Crippen LogP contribution in [-0.4, -0.2) is 64.6 Å². The van der Waals surface area contributed by atoms with Gasteiger partial charge in [-0.2, -0.15) is 9.97 Å². The highest BCUT2D eigenvalue weighted by atomic mass is 32.1. The van der Waals surface area contributed by atoms with E-state index < -0.39 is 30.4 Å². The molecule has 12 heteroatoms. The lowest BCUT2D eigenvalue weighted by Gasteiger charge is -2.20. The number of nitrogens with two attached hydrogens (primary N) is 2. The smallest absolute Gasteiger partial charge is 0.323 e. The number of esters is 1. The molecule has 5 N–H and O–H groups in total.